The fraction of sp³-hybridized carbons (Fsp3) is 0.238. The lowest BCUT2D eigenvalue weighted by molar-refractivity contribution is -0.138. The van der Waals surface area contributed by atoms with Crippen molar-refractivity contribution in [1.29, 1.82) is 0 Å². The number of H-pyrrole nitrogens is 1. The Labute approximate surface area is 199 Å². The molecule has 0 radical (unpaired) electrons. The van der Waals surface area contributed by atoms with Gasteiger partial charge in [0, 0.05) is 16.5 Å². The first-order valence-corrected chi connectivity index (χ1v) is 11.1. The van der Waals surface area contributed by atoms with Gasteiger partial charge in [0.2, 0.25) is 10.1 Å². The molecule has 4 aromatic heterocycles. The molecule has 0 saturated heterocycles. The minimum absolute atomic E-state index is 0.147. The molecule has 4 heterocycles. The zero-order valence-electron chi connectivity index (χ0n) is 18.6. The van der Waals surface area contributed by atoms with E-state index in [1.165, 1.54) is 6.33 Å². The summed E-state index contributed by atoms with van der Waals surface area (Å²) >= 11 is 0.249. The van der Waals surface area contributed by atoms with Gasteiger partial charge in [0.15, 0.2) is 5.65 Å². The molecule has 5 rings (SSSR count). The van der Waals surface area contributed by atoms with E-state index in [-0.39, 0.29) is 27.7 Å². The number of hydrogen-bond donors (Lipinski definition) is 3. The molecular weight excluding hydrogens is 483 g/mol. The summed E-state index contributed by atoms with van der Waals surface area (Å²) in [6, 6.07) is 7.02. The van der Waals surface area contributed by atoms with Crippen molar-refractivity contribution in [3.05, 3.63) is 41.3 Å². The van der Waals surface area contributed by atoms with Gasteiger partial charge in [-0.15, -0.1) is 10.2 Å². The smallest absolute Gasteiger partial charge is 0.383 e. The molecular formula is C21H18F3N9OS. The van der Waals surface area contributed by atoms with E-state index < -0.39 is 17.1 Å². The van der Waals surface area contributed by atoms with E-state index in [0.29, 0.717) is 28.1 Å². The van der Waals surface area contributed by atoms with E-state index in [4.69, 9.17) is 10.8 Å². The number of fused-ring (bicyclic) bond motifs is 2. The summed E-state index contributed by atoms with van der Waals surface area (Å²) in [7, 11) is 0. The van der Waals surface area contributed by atoms with Crippen LogP contribution in [0, 0.1) is 0 Å². The summed E-state index contributed by atoms with van der Waals surface area (Å²) in [5.41, 5.74) is 8.47. The molecule has 1 amide bonds. The monoisotopic (exact) mass is 501 g/mol. The first-order chi connectivity index (χ1) is 16.4. The van der Waals surface area contributed by atoms with Crippen molar-refractivity contribution >= 4 is 50.1 Å². The lowest BCUT2D eigenvalue weighted by Crippen LogP contribution is -2.23. The minimum Gasteiger partial charge on any atom is -0.383 e. The topological polar surface area (TPSA) is 140 Å². The van der Waals surface area contributed by atoms with Gasteiger partial charge in [0.1, 0.15) is 23.5 Å². The van der Waals surface area contributed by atoms with Gasteiger partial charge >= 0.3 is 6.18 Å². The quantitative estimate of drug-likeness (QED) is 0.332. The predicted molar refractivity (Wildman–Crippen MR) is 125 cm³/mol. The first-order valence-electron chi connectivity index (χ1n) is 10.3. The molecule has 0 spiro atoms. The average molecular weight is 501 g/mol. The molecule has 0 atom stereocenters. The Hall–Kier alpha value is -4.07. The van der Waals surface area contributed by atoms with Crippen LogP contribution in [-0.4, -0.2) is 40.8 Å². The number of hydrogen-bond acceptors (Lipinski definition) is 8. The third-order valence-electron chi connectivity index (χ3n) is 5.16. The molecule has 10 nitrogen and oxygen atoms in total. The fourth-order valence-electron chi connectivity index (χ4n) is 3.59. The maximum absolute atomic E-state index is 12.7. The molecule has 180 valence electrons. The molecule has 4 N–H and O–H groups in total. The second-order valence-corrected chi connectivity index (χ2v) is 9.72. The molecule has 0 fully saturated rings. The van der Waals surface area contributed by atoms with E-state index in [1.807, 2.05) is 26.8 Å². The average Bonchev–Trinajstić information content (AvgIpc) is 3.49. The van der Waals surface area contributed by atoms with Gasteiger partial charge in [0.25, 0.3) is 5.91 Å². The van der Waals surface area contributed by atoms with Crippen LogP contribution in [0.25, 0.3) is 33.2 Å². The summed E-state index contributed by atoms with van der Waals surface area (Å²) in [5.74, 6) is -0.352. The number of halogens is 3. The van der Waals surface area contributed by atoms with Crippen LogP contribution >= 0.6 is 11.3 Å². The maximum Gasteiger partial charge on any atom is 0.445 e. The van der Waals surface area contributed by atoms with E-state index in [0.717, 1.165) is 10.9 Å². The predicted octanol–water partition coefficient (Wildman–Crippen LogP) is 4.43. The largest absolute Gasteiger partial charge is 0.445 e. The molecule has 5 aromatic rings. The van der Waals surface area contributed by atoms with Gasteiger partial charge in [0.05, 0.1) is 10.9 Å². The van der Waals surface area contributed by atoms with E-state index in [1.54, 1.807) is 22.9 Å². The van der Waals surface area contributed by atoms with Gasteiger partial charge in [-0.2, -0.15) is 18.3 Å². The summed E-state index contributed by atoms with van der Waals surface area (Å²) in [5, 5.41) is 13.5. The Morgan fingerprint density at radius 2 is 1.91 bits per heavy atom. The van der Waals surface area contributed by atoms with Crippen LogP contribution in [0.2, 0.25) is 0 Å². The van der Waals surface area contributed by atoms with Crippen molar-refractivity contribution in [2.24, 2.45) is 0 Å². The number of benzene rings is 1. The Kier molecular flexibility index (Phi) is 5.01. The highest BCUT2D eigenvalue weighted by molar-refractivity contribution is 7.15. The fourth-order valence-corrected chi connectivity index (χ4v) is 4.20. The zero-order chi connectivity index (χ0) is 25.1. The maximum atomic E-state index is 12.7. The summed E-state index contributed by atoms with van der Waals surface area (Å²) in [4.78, 5) is 24.1. The van der Waals surface area contributed by atoms with Crippen molar-refractivity contribution in [3.8, 4) is 11.3 Å². The molecule has 0 saturated carbocycles. The van der Waals surface area contributed by atoms with E-state index in [2.05, 4.69) is 30.5 Å². The number of amides is 1. The van der Waals surface area contributed by atoms with E-state index >= 15 is 0 Å². The molecule has 0 aliphatic heterocycles. The molecule has 0 aliphatic rings. The summed E-state index contributed by atoms with van der Waals surface area (Å²) in [6.45, 7) is 5.99. The highest BCUT2D eigenvalue weighted by Gasteiger charge is 2.36. The number of rotatable bonds is 3. The first kappa shape index (κ1) is 22.7. The van der Waals surface area contributed by atoms with Gasteiger partial charge in [-0.1, -0.05) is 23.5 Å². The second kappa shape index (κ2) is 7.73. The van der Waals surface area contributed by atoms with Crippen molar-refractivity contribution in [2.75, 3.05) is 11.1 Å². The standard InChI is InChI=1S/C21H18F3N9OS/c1-20(2,3)33-16-13(15(25)26-8-27-16)14(32-33)10-5-4-9-6-12(28-11(9)7-10)17(34)29-19-31-30-18(35-19)21(22,23)24/h4-8,28H,1-3H3,(H2,25,26,27)(H,29,31,34). The van der Waals surface area contributed by atoms with Gasteiger partial charge in [-0.3, -0.25) is 10.1 Å². The Morgan fingerprint density at radius 1 is 1.14 bits per heavy atom. The number of carbonyl (C=O) groups is 1. The number of alkyl halides is 3. The third kappa shape index (κ3) is 4.05. The number of aromatic amines is 1. The molecule has 35 heavy (non-hydrogen) atoms. The van der Waals surface area contributed by atoms with Crippen molar-refractivity contribution < 1.29 is 18.0 Å². The van der Waals surface area contributed by atoms with Gasteiger partial charge < -0.3 is 10.7 Å². The molecule has 1 aromatic carbocycles. The Balaban J connectivity index is 1.51. The number of nitrogens with zero attached hydrogens (tertiary/aromatic N) is 6. The number of carbonyl (C=O) groups excluding carboxylic acids is 1. The molecule has 0 bridgehead atoms. The van der Waals surface area contributed by atoms with Crippen LogP contribution in [-0.2, 0) is 11.7 Å². The van der Waals surface area contributed by atoms with Crippen LogP contribution in [0.5, 0.6) is 0 Å². The normalized spacial score (nSPS) is 12.5. The minimum atomic E-state index is -4.63. The Morgan fingerprint density at radius 3 is 2.60 bits per heavy atom. The van der Waals surface area contributed by atoms with Gasteiger partial charge in [-0.05, 0) is 32.9 Å². The molecule has 14 heteroatoms. The van der Waals surface area contributed by atoms with Crippen molar-refractivity contribution in [1.82, 2.24) is 34.9 Å². The SMILES string of the molecule is CC(C)(C)n1nc(-c2ccc3cc(C(=O)Nc4nnc(C(F)(F)F)s4)[nH]c3c2)c2c(N)ncnc21. The second-order valence-electron chi connectivity index (χ2n) is 8.74. The summed E-state index contributed by atoms with van der Waals surface area (Å²) in [6.07, 6.45) is -3.24. The highest BCUT2D eigenvalue weighted by atomic mass is 32.1. The lowest BCUT2D eigenvalue weighted by Gasteiger charge is -2.19. The molecule has 0 aliphatic carbocycles. The number of nitrogens with two attached hydrogens (primary N) is 1. The number of anilines is 2. The Bertz CT molecular complexity index is 1590. The van der Waals surface area contributed by atoms with Crippen LogP contribution in [0.1, 0.15) is 36.3 Å². The lowest BCUT2D eigenvalue weighted by atomic mass is 10.1. The van der Waals surface area contributed by atoms with Crippen molar-refractivity contribution in [2.45, 2.75) is 32.5 Å². The third-order valence-corrected chi connectivity index (χ3v) is 6.04. The van der Waals surface area contributed by atoms with Crippen LogP contribution in [0.3, 0.4) is 0 Å². The number of nitrogen functional groups attached to an aromatic ring is 1. The van der Waals surface area contributed by atoms with Crippen LogP contribution < -0.4 is 11.1 Å². The zero-order valence-corrected chi connectivity index (χ0v) is 19.4. The number of nitrogens with one attached hydrogen (secondary N) is 2. The van der Waals surface area contributed by atoms with Crippen molar-refractivity contribution in [3.63, 3.8) is 0 Å². The summed E-state index contributed by atoms with van der Waals surface area (Å²) < 4.78 is 40.0. The molecule has 0 unspecified atom stereocenters. The van der Waals surface area contributed by atoms with Crippen LogP contribution in [0.15, 0.2) is 30.6 Å². The highest BCUT2D eigenvalue weighted by Crippen LogP contribution is 2.35. The number of aromatic nitrogens is 7. The van der Waals surface area contributed by atoms with E-state index in [9.17, 15) is 18.0 Å². The van der Waals surface area contributed by atoms with Crippen LogP contribution in [0.4, 0.5) is 24.1 Å². The van der Waals surface area contributed by atoms with Gasteiger partial charge in [-0.25, -0.2) is 14.6 Å².